The van der Waals surface area contributed by atoms with Crippen molar-refractivity contribution >= 4 is 22.8 Å². The molecule has 0 bridgehead atoms. The molecular weight excluding hydrogens is 392 g/mol. The number of rotatable bonds is 5. The Bertz CT molecular complexity index is 1130. The number of nitrogens with zero attached hydrogens (tertiary/aromatic N) is 4. The molecule has 8 heteroatoms. The van der Waals surface area contributed by atoms with E-state index in [0.717, 1.165) is 37.1 Å². The SMILES string of the molecule is CC(C)[C@@H](NC(=O)c1ccc2ncccc2c1)c1cc(=O)[nH]c(N2CCN(C)CC2)n1. The Morgan fingerprint density at radius 2 is 1.90 bits per heavy atom. The predicted octanol–water partition coefficient (Wildman–Crippen LogP) is 2.20. The van der Waals surface area contributed by atoms with Crippen LogP contribution in [0.15, 0.2) is 47.4 Å². The van der Waals surface area contributed by atoms with Gasteiger partial charge >= 0.3 is 0 Å². The number of carbonyl (C=O) groups is 1. The molecule has 2 aromatic heterocycles. The minimum Gasteiger partial charge on any atom is -0.343 e. The molecule has 162 valence electrons. The number of benzene rings is 1. The number of fused-ring (bicyclic) bond motifs is 1. The van der Waals surface area contributed by atoms with E-state index >= 15 is 0 Å². The normalized spacial score (nSPS) is 15.9. The molecule has 1 aliphatic heterocycles. The van der Waals surface area contributed by atoms with E-state index in [1.807, 2.05) is 38.1 Å². The second-order valence-electron chi connectivity index (χ2n) is 8.39. The minimum absolute atomic E-state index is 0.0562. The number of H-pyrrole nitrogens is 1. The Labute approximate surface area is 181 Å². The smallest absolute Gasteiger partial charge is 0.252 e. The van der Waals surface area contributed by atoms with Crippen molar-refractivity contribution in [3.63, 3.8) is 0 Å². The molecule has 0 aliphatic carbocycles. The first-order valence-electron chi connectivity index (χ1n) is 10.6. The maximum absolute atomic E-state index is 13.0. The van der Waals surface area contributed by atoms with E-state index in [4.69, 9.17) is 4.98 Å². The van der Waals surface area contributed by atoms with E-state index in [1.165, 1.54) is 6.07 Å². The first kappa shape index (κ1) is 21.0. The third kappa shape index (κ3) is 4.74. The van der Waals surface area contributed by atoms with Gasteiger partial charge < -0.3 is 15.1 Å². The standard InChI is InChI=1S/C23H28N6O2/c1-15(2)21(27-22(31)17-6-7-18-16(13-17)5-4-8-24-18)19-14-20(30)26-23(25-19)29-11-9-28(3)10-12-29/h4-8,13-15,21H,9-12H2,1-3H3,(H,27,31)(H,25,26,30)/t21-/m1/s1. The summed E-state index contributed by atoms with van der Waals surface area (Å²) < 4.78 is 0. The van der Waals surface area contributed by atoms with Crippen molar-refractivity contribution < 1.29 is 4.79 Å². The van der Waals surface area contributed by atoms with E-state index in [1.54, 1.807) is 12.3 Å². The van der Waals surface area contributed by atoms with Crippen molar-refractivity contribution in [3.05, 3.63) is 64.2 Å². The van der Waals surface area contributed by atoms with Crippen LogP contribution in [-0.4, -0.2) is 59.0 Å². The van der Waals surface area contributed by atoms with Crippen LogP contribution in [0.1, 0.15) is 35.9 Å². The van der Waals surface area contributed by atoms with E-state index in [0.29, 0.717) is 17.2 Å². The molecule has 0 saturated carbocycles. The largest absolute Gasteiger partial charge is 0.343 e. The summed E-state index contributed by atoms with van der Waals surface area (Å²) in [5, 5.41) is 3.98. The zero-order valence-electron chi connectivity index (χ0n) is 18.1. The van der Waals surface area contributed by atoms with Crippen LogP contribution in [0.3, 0.4) is 0 Å². The summed E-state index contributed by atoms with van der Waals surface area (Å²) in [5.74, 6) is 0.417. The van der Waals surface area contributed by atoms with E-state index in [-0.39, 0.29) is 23.4 Å². The highest BCUT2D eigenvalue weighted by atomic mass is 16.1. The van der Waals surface area contributed by atoms with Crippen LogP contribution in [0.25, 0.3) is 10.9 Å². The molecule has 1 aromatic carbocycles. The number of aromatic nitrogens is 3. The van der Waals surface area contributed by atoms with Crippen LogP contribution in [0.5, 0.6) is 0 Å². The van der Waals surface area contributed by atoms with Crippen molar-refractivity contribution in [1.82, 2.24) is 25.2 Å². The van der Waals surface area contributed by atoms with Gasteiger partial charge in [0.15, 0.2) is 0 Å². The second kappa shape index (κ2) is 8.85. The van der Waals surface area contributed by atoms with Crippen LogP contribution >= 0.6 is 0 Å². The Morgan fingerprint density at radius 1 is 1.13 bits per heavy atom. The molecule has 1 aliphatic rings. The van der Waals surface area contributed by atoms with Crippen LogP contribution in [0.2, 0.25) is 0 Å². The zero-order valence-corrected chi connectivity index (χ0v) is 18.1. The van der Waals surface area contributed by atoms with Crippen molar-refractivity contribution in [3.8, 4) is 0 Å². The third-order valence-corrected chi connectivity index (χ3v) is 5.69. The molecule has 0 spiro atoms. The summed E-state index contributed by atoms with van der Waals surface area (Å²) in [4.78, 5) is 41.6. The van der Waals surface area contributed by atoms with E-state index in [2.05, 4.69) is 32.1 Å². The lowest BCUT2D eigenvalue weighted by Gasteiger charge is -2.33. The summed E-state index contributed by atoms with van der Waals surface area (Å²) in [6.07, 6.45) is 1.73. The number of anilines is 1. The van der Waals surface area contributed by atoms with Gasteiger partial charge in [-0.05, 0) is 37.2 Å². The number of nitrogens with one attached hydrogen (secondary N) is 2. The van der Waals surface area contributed by atoms with Crippen LogP contribution in [0, 0.1) is 5.92 Å². The highest BCUT2D eigenvalue weighted by molar-refractivity contribution is 5.98. The van der Waals surface area contributed by atoms with E-state index in [9.17, 15) is 9.59 Å². The highest BCUT2D eigenvalue weighted by Gasteiger charge is 2.24. The summed E-state index contributed by atoms with van der Waals surface area (Å²) >= 11 is 0. The number of likely N-dealkylation sites (N-methyl/N-ethyl adjacent to an activating group) is 1. The van der Waals surface area contributed by atoms with Gasteiger partial charge in [-0.2, -0.15) is 0 Å². The molecule has 0 radical (unpaired) electrons. The summed E-state index contributed by atoms with van der Waals surface area (Å²) in [6.45, 7) is 7.44. The molecule has 0 unspecified atom stereocenters. The van der Waals surface area contributed by atoms with Gasteiger partial charge in [0.2, 0.25) is 5.95 Å². The quantitative estimate of drug-likeness (QED) is 0.657. The van der Waals surface area contributed by atoms with Crippen molar-refractivity contribution in [2.45, 2.75) is 19.9 Å². The molecule has 1 amide bonds. The monoisotopic (exact) mass is 420 g/mol. The molecule has 4 rings (SSSR count). The molecule has 2 N–H and O–H groups in total. The Morgan fingerprint density at radius 3 is 2.65 bits per heavy atom. The molecule has 3 heterocycles. The molecule has 1 atom stereocenters. The summed E-state index contributed by atoms with van der Waals surface area (Å²) in [5.41, 5.74) is 1.75. The topological polar surface area (TPSA) is 94.2 Å². The van der Waals surface area contributed by atoms with Crippen LogP contribution in [-0.2, 0) is 0 Å². The number of aromatic amines is 1. The van der Waals surface area contributed by atoms with E-state index < -0.39 is 0 Å². The Hall–Kier alpha value is -3.26. The number of pyridine rings is 1. The summed E-state index contributed by atoms with van der Waals surface area (Å²) in [7, 11) is 2.08. The average molecular weight is 421 g/mol. The lowest BCUT2D eigenvalue weighted by atomic mass is 9.99. The van der Waals surface area contributed by atoms with Gasteiger partial charge in [-0.3, -0.25) is 19.6 Å². The van der Waals surface area contributed by atoms with Crippen molar-refractivity contribution in [2.24, 2.45) is 5.92 Å². The van der Waals surface area contributed by atoms with Crippen LogP contribution in [0.4, 0.5) is 5.95 Å². The molecule has 8 nitrogen and oxygen atoms in total. The maximum Gasteiger partial charge on any atom is 0.252 e. The molecule has 31 heavy (non-hydrogen) atoms. The number of hydrogen-bond donors (Lipinski definition) is 2. The van der Waals surface area contributed by atoms with Gasteiger partial charge in [-0.15, -0.1) is 0 Å². The fourth-order valence-electron chi connectivity index (χ4n) is 3.81. The highest BCUT2D eigenvalue weighted by Crippen LogP contribution is 2.22. The van der Waals surface area contributed by atoms with Gasteiger partial charge in [-0.25, -0.2) is 4.98 Å². The van der Waals surface area contributed by atoms with Gasteiger partial charge in [0.25, 0.3) is 11.5 Å². The van der Waals surface area contributed by atoms with Gasteiger partial charge in [-0.1, -0.05) is 19.9 Å². The van der Waals surface area contributed by atoms with Gasteiger partial charge in [0, 0.05) is 49.4 Å². The number of carbonyl (C=O) groups excluding carboxylic acids is 1. The fraction of sp³-hybridized carbons (Fsp3) is 0.391. The Kier molecular flexibility index (Phi) is 5.99. The van der Waals surface area contributed by atoms with Crippen molar-refractivity contribution in [1.29, 1.82) is 0 Å². The van der Waals surface area contributed by atoms with Crippen molar-refractivity contribution in [2.75, 3.05) is 38.1 Å². The summed E-state index contributed by atoms with van der Waals surface area (Å²) in [6, 6.07) is 10.3. The second-order valence-corrected chi connectivity index (χ2v) is 8.39. The molecule has 1 fully saturated rings. The lowest BCUT2D eigenvalue weighted by molar-refractivity contribution is 0.0924. The maximum atomic E-state index is 13.0. The molecular formula is C23H28N6O2. The zero-order chi connectivity index (χ0) is 22.0. The third-order valence-electron chi connectivity index (χ3n) is 5.69. The Balaban J connectivity index is 1.59. The molecule has 3 aromatic rings. The van der Waals surface area contributed by atoms with Gasteiger partial charge in [0.05, 0.1) is 17.3 Å². The lowest BCUT2D eigenvalue weighted by Crippen LogP contribution is -2.46. The minimum atomic E-state index is -0.384. The first-order valence-corrected chi connectivity index (χ1v) is 10.6. The van der Waals surface area contributed by atoms with Crippen LogP contribution < -0.4 is 15.8 Å². The molecule has 1 saturated heterocycles. The first-order chi connectivity index (χ1) is 14.9. The average Bonchev–Trinajstić information content (AvgIpc) is 2.76. The number of amides is 1. The fourth-order valence-corrected chi connectivity index (χ4v) is 3.81. The number of piperazine rings is 1. The number of hydrogen-bond acceptors (Lipinski definition) is 6. The predicted molar refractivity (Wildman–Crippen MR) is 121 cm³/mol. The van der Waals surface area contributed by atoms with Gasteiger partial charge in [0.1, 0.15) is 0 Å².